The van der Waals surface area contributed by atoms with Crippen molar-refractivity contribution in [2.24, 2.45) is 0 Å². The zero-order valence-corrected chi connectivity index (χ0v) is 12.5. The first-order chi connectivity index (χ1) is 9.58. The van der Waals surface area contributed by atoms with Gasteiger partial charge in [0, 0.05) is 18.7 Å². The fourth-order valence-corrected chi connectivity index (χ4v) is 2.78. The van der Waals surface area contributed by atoms with Gasteiger partial charge in [0.1, 0.15) is 11.6 Å². The van der Waals surface area contributed by atoms with E-state index in [2.05, 4.69) is 20.2 Å². The zero-order valence-electron chi connectivity index (χ0n) is 12.5. The van der Waals surface area contributed by atoms with Crippen molar-refractivity contribution in [1.82, 2.24) is 14.9 Å². The van der Waals surface area contributed by atoms with Crippen LogP contribution in [-0.2, 0) is 0 Å². The number of nitrogens with two attached hydrogens (primary N) is 2. The predicted octanol–water partition coefficient (Wildman–Crippen LogP) is 1.66. The normalized spacial score (nSPS) is 16.6. The minimum absolute atomic E-state index is 0.430. The second-order valence-corrected chi connectivity index (χ2v) is 5.80. The molecule has 1 heterocycles. The van der Waals surface area contributed by atoms with E-state index >= 15 is 0 Å². The van der Waals surface area contributed by atoms with Crippen LogP contribution in [0.25, 0.3) is 0 Å². The molecule has 0 aliphatic heterocycles. The van der Waals surface area contributed by atoms with Gasteiger partial charge in [0.15, 0.2) is 0 Å². The maximum absolute atomic E-state index is 6.10. The summed E-state index contributed by atoms with van der Waals surface area (Å²) in [6.07, 6.45) is 6.08. The van der Waals surface area contributed by atoms with E-state index in [1.54, 1.807) is 0 Å². The average Bonchev–Trinajstić information content (AvgIpc) is 2.38. The summed E-state index contributed by atoms with van der Waals surface area (Å²) in [5.41, 5.74) is 13.2. The second-order valence-electron chi connectivity index (χ2n) is 5.80. The van der Waals surface area contributed by atoms with Gasteiger partial charge in [-0.3, -0.25) is 0 Å². The van der Waals surface area contributed by atoms with Crippen LogP contribution >= 0.6 is 0 Å². The molecule has 0 bridgehead atoms. The summed E-state index contributed by atoms with van der Waals surface area (Å²) in [6.45, 7) is 1.68. The molecule has 112 valence electrons. The molecule has 5 N–H and O–H groups in total. The monoisotopic (exact) mass is 278 g/mol. The highest BCUT2D eigenvalue weighted by molar-refractivity contribution is 5.58. The Balaban J connectivity index is 2.07. The van der Waals surface area contributed by atoms with Gasteiger partial charge in [-0.05, 0) is 32.9 Å². The summed E-state index contributed by atoms with van der Waals surface area (Å²) in [6, 6.07) is 0. The Morgan fingerprint density at radius 1 is 1.10 bits per heavy atom. The number of rotatable bonds is 5. The van der Waals surface area contributed by atoms with Crippen molar-refractivity contribution in [3.63, 3.8) is 0 Å². The summed E-state index contributed by atoms with van der Waals surface area (Å²) in [5.74, 6) is 2.04. The van der Waals surface area contributed by atoms with Crippen LogP contribution in [0.1, 0.15) is 43.6 Å². The van der Waals surface area contributed by atoms with Crippen LogP contribution in [0, 0.1) is 0 Å². The Labute approximate surface area is 121 Å². The first kappa shape index (κ1) is 14.8. The Morgan fingerprint density at radius 2 is 1.70 bits per heavy atom. The van der Waals surface area contributed by atoms with Gasteiger partial charge in [-0.15, -0.1) is 0 Å². The van der Waals surface area contributed by atoms with Crippen molar-refractivity contribution < 1.29 is 0 Å². The molecule has 20 heavy (non-hydrogen) atoms. The standard InChI is InChI=1S/C14H26N6/c1-20(2)9-8-17-14-18-12(15)11(13(16)19-14)10-6-4-3-5-7-10/h10H,3-9H2,1-2H3,(H5,15,16,17,18,19). The van der Waals surface area contributed by atoms with Crippen LogP contribution in [0.3, 0.4) is 0 Å². The maximum atomic E-state index is 6.10. The van der Waals surface area contributed by atoms with Crippen molar-refractivity contribution in [1.29, 1.82) is 0 Å². The Kier molecular flexibility index (Phi) is 5.00. The van der Waals surface area contributed by atoms with Gasteiger partial charge in [-0.1, -0.05) is 19.3 Å². The zero-order chi connectivity index (χ0) is 14.5. The number of hydrogen-bond donors (Lipinski definition) is 3. The van der Waals surface area contributed by atoms with E-state index in [-0.39, 0.29) is 0 Å². The van der Waals surface area contributed by atoms with Crippen LogP contribution in [0.5, 0.6) is 0 Å². The van der Waals surface area contributed by atoms with Gasteiger partial charge in [0.05, 0.1) is 0 Å². The Morgan fingerprint density at radius 3 is 2.25 bits per heavy atom. The lowest BCUT2D eigenvalue weighted by Crippen LogP contribution is -2.22. The number of nitrogen functional groups attached to an aromatic ring is 2. The minimum atomic E-state index is 0.430. The molecule has 1 saturated carbocycles. The van der Waals surface area contributed by atoms with E-state index in [9.17, 15) is 0 Å². The van der Waals surface area contributed by atoms with Crippen LogP contribution in [0.2, 0.25) is 0 Å². The van der Waals surface area contributed by atoms with Gasteiger partial charge >= 0.3 is 0 Å². The average molecular weight is 278 g/mol. The van der Waals surface area contributed by atoms with E-state index in [4.69, 9.17) is 11.5 Å². The van der Waals surface area contributed by atoms with Gasteiger partial charge in [-0.2, -0.15) is 9.97 Å². The quantitative estimate of drug-likeness (QED) is 0.758. The molecule has 0 spiro atoms. The number of hydrogen-bond acceptors (Lipinski definition) is 6. The molecule has 1 aliphatic carbocycles. The second kappa shape index (κ2) is 6.74. The molecule has 1 aliphatic rings. The van der Waals surface area contributed by atoms with E-state index in [1.807, 2.05) is 14.1 Å². The highest BCUT2D eigenvalue weighted by atomic mass is 15.2. The smallest absolute Gasteiger partial charge is 0.226 e. The van der Waals surface area contributed by atoms with Crippen molar-refractivity contribution in [2.45, 2.75) is 38.0 Å². The van der Waals surface area contributed by atoms with Gasteiger partial charge in [-0.25, -0.2) is 0 Å². The van der Waals surface area contributed by atoms with Crippen molar-refractivity contribution in [3.05, 3.63) is 5.56 Å². The van der Waals surface area contributed by atoms with Gasteiger partial charge in [0.2, 0.25) is 5.95 Å². The fourth-order valence-electron chi connectivity index (χ4n) is 2.78. The molecule has 0 unspecified atom stereocenters. The van der Waals surface area contributed by atoms with E-state index in [0.29, 0.717) is 23.5 Å². The molecule has 6 nitrogen and oxygen atoms in total. The molecule has 0 saturated heterocycles. The molecule has 0 aromatic carbocycles. The minimum Gasteiger partial charge on any atom is -0.383 e. The van der Waals surface area contributed by atoms with E-state index < -0.39 is 0 Å². The lowest BCUT2D eigenvalue weighted by Gasteiger charge is -2.24. The number of nitrogens with zero attached hydrogens (tertiary/aromatic N) is 3. The van der Waals surface area contributed by atoms with Gasteiger partial charge < -0.3 is 21.7 Å². The SMILES string of the molecule is CN(C)CCNc1nc(N)c(C2CCCCC2)c(N)n1. The topological polar surface area (TPSA) is 93.1 Å². The lowest BCUT2D eigenvalue weighted by molar-refractivity contribution is 0.425. The summed E-state index contributed by atoms with van der Waals surface area (Å²) >= 11 is 0. The molecule has 0 radical (unpaired) electrons. The number of nitrogens with one attached hydrogen (secondary N) is 1. The van der Waals surface area contributed by atoms with Crippen LogP contribution < -0.4 is 16.8 Å². The molecule has 0 atom stereocenters. The van der Waals surface area contributed by atoms with E-state index in [1.165, 1.54) is 19.3 Å². The third kappa shape index (κ3) is 3.72. The van der Waals surface area contributed by atoms with Crippen LogP contribution in [0.4, 0.5) is 17.6 Å². The van der Waals surface area contributed by atoms with Crippen molar-refractivity contribution in [2.75, 3.05) is 44.0 Å². The first-order valence-electron chi connectivity index (χ1n) is 7.39. The number of aromatic nitrogens is 2. The maximum Gasteiger partial charge on any atom is 0.226 e. The van der Waals surface area contributed by atoms with Crippen LogP contribution in [-0.4, -0.2) is 42.1 Å². The highest BCUT2D eigenvalue weighted by Gasteiger charge is 2.22. The molecule has 1 aromatic heterocycles. The van der Waals surface area contributed by atoms with Gasteiger partial charge in [0.25, 0.3) is 0 Å². The highest BCUT2D eigenvalue weighted by Crippen LogP contribution is 2.37. The predicted molar refractivity (Wildman–Crippen MR) is 83.7 cm³/mol. The molecular formula is C14H26N6. The largest absolute Gasteiger partial charge is 0.383 e. The summed E-state index contributed by atoms with van der Waals surface area (Å²) in [7, 11) is 4.05. The summed E-state index contributed by atoms with van der Waals surface area (Å²) < 4.78 is 0. The lowest BCUT2D eigenvalue weighted by atomic mass is 9.84. The Bertz CT molecular complexity index is 416. The number of likely N-dealkylation sites (N-methyl/N-ethyl adjacent to an activating group) is 1. The molecule has 1 aromatic rings. The third-order valence-corrected chi connectivity index (χ3v) is 3.86. The number of anilines is 3. The molecule has 0 amide bonds. The first-order valence-corrected chi connectivity index (χ1v) is 7.39. The summed E-state index contributed by atoms with van der Waals surface area (Å²) in [5, 5.41) is 3.16. The summed E-state index contributed by atoms with van der Waals surface area (Å²) in [4.78, 5) is 10.8. The molecule has 6 heteroatoms. The van der Waals surface area contributed by atoms with Crippen molar-refractivity contribution in [3.8, 4) is 0 Å². The van der Waals surface area contributed by atoms with Crippen LogP contribution in [0.15, 0.2) is 0 Å². The third-order valence-electron chi connectivity index (χ3n) is 3.86. The van der Waals surface area contributed by atoms with E-state index in [0.717, 1.165) is 31.5 Å². The molecular weight excluding hydrogens is 252 g/mol. The fraction of sp³-hybridized carbons (Fsp3) is 0.714. The molecule has 2 rings (SSSR count). The van der Waals surface area contributed by atoms with Crippen molar-refractivity contribution >= 4 is 17.6 Å². The Hall–Kier alpha value is -1.56. The molecule has 1 fully saturated rings.